The van der Waals surface area contributed by atoms with Crippen LogP contribution in [0.5, 0.6) is 0 Å². The topological polar surface area (TPSA) is 40.6 Å². The van der Waals surface area contributed by atoms with Crippen LogP contribution < -0.4 is 4.90 Å². The van der Waals surface area contributed by atoms with Crippen molar-refractivity contribution in [3.63, 3.8) is 0 Å². The highest BCUT2D eigenvalue weighted by atomic mass is 32.2. The summed E-state index contributed by atoms with van der Waals surface area (Å²) in [5.74, 6) is -0.761. The molecule has 2 amide bonds. The van der Waals surface area contributed by atoms with Gasteiger partial charge in [-0.25, -0.2) is 4.39 Å². The molecular weight excluding hydrogens is 407 g/mol. The number of carbonyl (C=O) groups excluding carboxylic acids is 2. The number of thioether (sulfide) groups is 1. The molecule has 0 unspecified atom stereocenters. The van der Waals surface area contributed by atoms with E-state index in [-0.39, 0.29) is 24.2 Å². The maximum Gasteiger partial charge on any atom is 0.267 e. The lowest BCUT2D eigenvalue weighted by Gasteiger charge is -2.16. The molecule has 2 aromatic carbocycles. The SMILES string of the molecule is CCCCN1C(=O)/C(=C2/SC(=S)N(Cc3ccc(F)cc3)C2=O)c2ccccc21. The second-order valence-electron chi connectivity index (χ2n) is 6.92. The number of fused-ring (bicyclic) bond motifs is 1. The quantitative estimate of drug-likeness (QED) is 0.511. The Kier molecular flexibility index (Phi) is 5.52. The maximum absolute atomic E-state index is 13.2. The third kappa shape index (κ3) is 3.60. The summed E-state index contributed by atoms with van der Waals surface area (Å²) < 4.78 is 13.6. The lowest BCUT2D eigenvalue weighted by Crippen LogP contribution is -2.29. The second kappa shape index (κ2) is 8.08. The number of amides is 2. The Morgan fingerprint density at radius 3 is 2.45 bits per heavy atom. The normalized spacial score (nSPS) is 18.8. The van der Waals surface area contributed by atoms with Crippen LogP contribution in [0.3, 0.4) is 0 Å². The van der Waals surface area contributed by atoms with Crippen molar-refractivity contribution in [1.82, 2.24) is 4.90 Å². The van der Waals surface area contributed by atoms with Crippen LogP contribution in [0.25, 0.3) is 5.57 Å². The summed E-state index contributed by atoms with van der Waals surface area (Å²) in [4.78, 5) is 30.0. The fraction of sp³-hybridized carbons (Fsp3) is 0.227. The molecule has 2 aliphatic heterocycles. The number of hydrogen-bond donors (Lipinski definition) is 0. The maximum atomic E-state index is 13.2. The molecule has 4 nitrogen and oxygen atoms in total. The molecule has 2 aromatic rings. The number of hydrogen-bond acceptors (Lipinski definition) is 4. The minimum absolute atomic E-state index is 0.151. The van der Waals surface area contributed by atoms with Crippen LogP contribution in [0, 0.1) is 5.82 Å². The molecule has 0 saturated carbocycles. The molecular formula is C22H19FN2O2S2. The van der Waals surface area contributed by atoms with Crippen LogP contribution in [0.4, 0.5) is 10.1 Å². The smallest absolute Gasteiger partial charge is 0.267 e. The first-order valence-corrected chi connectivity index (χ1v) is 10.7. The Bertz CT molecular complexity index is 1030. The summed E-state index contributed by atoms with van der Waals surface area (Å²) in [5, 5.41) is 0. The Labute approximate surface area is 178 Å². The van der Waals surface area contributed by atoms with Crippen molar-refractivity contribution in [2.24, 2.45) is 0 Å². The van der Waals surface area contributed by atoms with E-state index >= 15 is 0 Å². The zero-order chi connectivity index (χ0) is 20.5. The summed E-state index contributed by atoms with van der Waals surface area (Å²) in [6.07, 6.45) is 1.86. The number of halogens is 1. The van der Waals surface area contributed by atoms with Crippen molar-refractivity contribution in [2.75, 3.05) is 11.4 Å². The standard InChI is InChI=1S/C22H19FN2O2S2/c1-2-3-12-24-17-7-5-4-6-16(17)18(20(24)26)19-21(27)25(22(28)29-19)13-14-8-10-15(23)11-9-14/h4-11H,2-3,12-13H2,1H3/b19-18+. The largest absolute Gasteiger partial charge is 0.308 e. The lowest BCUT2D eigenvalue weighted by molar-refractivity contribution is -0.122. The van der Waals surface area contributed by atoms with Crippen LogP contribution in [0.2, 0.25) is 0 Å². The molecule has 0 bridgehead atoms. The summed E-state index contributed by atoms with van der Waals surface area (Å²) in [6, 6.07) is 13.5. The first kappa shape index (κ1) is 19.8. The molecule has 0 N–H and O–H groups in total. The molecule has 4 rings (SSSR count). The van der Waals surface area contributed by atoms with Crippen molar-refractivity contribution in [1.29, 1.82) is 0 Å². The second-order valence-corrected chi connectivity index (χ2v) is 8.56. The van der Waals surface area contributed by atoms with Crippen LogP contribution in [0.1, 0.15) is 30.9 Å². The third-order valence-corrected chi connectivity index (χ3v) is 6.44. The first-order chi connectivity index (χ1) is 14.0. The van der Waals surface area contributed by atoms with Gasteiger partial charge in [-0.2, -0.15) is 0 Å². The minimum atomic E-state index is -0.332. The van der Waals surface area contributed by atoms with Crippen LogP contribution in [-0.4, -0.2) is 27.6 Å². The fourth-order valence-corrected chi connectivity index (χ4v) is 4.82. The van der Waals surface area contributed by atoms with Crippen molar-refractivity contribution >= 4 is 51.4 Å². The first-order valence-electron chi connectivity index (χ1n) is 9.45. The van der Waals surface area contributed by atoms with E-state index in [9.17, 15) is 14.0 Å². The van der Waals surface area contributed by atoms with E-state index in [0.29, 0.717) is 21.3 Å². The van der Waals surface area contributed by atoms with Gasteiger partial charge < -0.3 is 4.90 Å². The number of rotatable bonds is 5. The van der Waals surface area contributed by atoms with E-state index in [0.717, 1.165) is 41.4 Å². The van der Waals surface area contributed by atoms with E-state index in [1.807, 2.05) is 24.3 Å². The molecule has 0 aliphatic carbocycles. The highest BCUT2D eigenvalue weighted by molar-refractivity contribution is 8.26. The van der Waals surface area contributed by atoms with Gasteiger partial charge in [0.05, 0.1) is 22.7 Å². The van der Waals surface area contributed by atoms with Gasteiger partial charge in [0.15, 0.2) is 0 Å². The highest BCUT2D eigenvalue weighted by Gasteiger charge is 2.41. The number of unbranched alkanes of at least 4 members (excludes halogenated alkanes) is 1. The Morgan fingerprint density at radius 2 is 1.72 bits per heavy atom. The summed E-state index contributed by atoms with van der Waals surface area (Å²) >= 11 is 6.59. The summed E-state index contributed by atoms with van der Waals surface area (Å²) in [5.41, 5.74) is 2.81. The molecule has 1 saturated heterocycles. The van der Waals surface area contributed by atoms with Crippen LogP contribution in [0.15, 0.2) is 53.4 Å². The molecule has 0 atom stereocenters. The Hall–Kier alpha value is -2.51. The van der Waals surface area contributed by atoms with Gasteiger partial charge in [0.2, 0.25) is 0 Å². The predicted molar refractivity (Wildman–Crippen MR) is 118 cm³/mol. The number of carbonyl (C=O) groups is 2. The highest BCUT2D eigenvalue weighted by Crippen LogP contribution is 2.44. The molecule has 0 radical (unpaired) electrons. The van der Waals surface area contributed by atoms with E-state index in [2.05, 4.69) is 6.92 Å². The zero-order valence-electron chi connectivity index (χ0n) is 15.9. The van der Waals surface area contributed by atoms with Gasteiger partial charge in [0.25, 0.3) is 11.8 Å². The van der Waals surface area contributed by atoms with Crippen molar-refractivity contribution < 1.29 is 14.0 Å². The number of thiocarbonyl (C=S) groups is 1. The summed E-state index contributed by atoms with van der Waals surface area (Å²) in [6.45, 7) is 2.94. The zero-order valence-corrected chi connectivity index (χ0v) is 17.5. The van der Waals surface area contributed by atoms with Crippen molar-refractivity contribution in [3.8, 4) is 0 Å². The molecule has 2 heterocycles. The number of anilines is 1. The van der Waals surface area contributed by atoms with Crippen LogP contribution >= 0.6 is 24.0 Å². The van der Waals surface area contributed by atoms with E-state index in [4.69, 9.17) is 12.2 Å². The van der Waals surface area contributed by atoms with Crippen LogP contribution in [-0.2, 0) is 16.1 Å². The van der Waals surface area contributed by atoms with Gasteiger partial charge in [0.1, 0.15) is 10.1 Å². The van der Waals surface area contributed by atoms with Crippen molar-refractivity contribution in [3.05, 3.63) is 70.4 Å². The van der Waals surface area contributed by atoms with Gasteiger partial charge in [-0.15, -0.1) is 0 Å². The Balaban J connectivity index is 1.69. The van der Waals surface area contributed by atoms with Gasteiger partial charge in [-0.05, 0) is 30.2 Å². The molecule has 29 heavy (non-hydrogen) atoms. The molecule has 148 valence electrons. The minimum Gasteiger partial charge on any atom is -0.308 e. The number of nitrogens with zero attached hydrogens (tertiary/aromatic N) is 2. The van der Waals surface area contributed by atoms with Gasteiger partial charge >= 0.3 is 0 Å². The fourth-order valence-electron chi connectivity index (χ4n) is 3.50. The molecule has 2 aliphatic rings. The van der Waals surface area contributed by atoms with Gasteiger partial charge in [0, 0.05) is 12.1 Å². The van der Waals surface area contributed by atoms with Gasteiger partial charge in [-0.3, -0.25) is 14.5 Å². The summed E-state index contributed by atoms with van der Waals surface area (Å²) in [7, 11) is 0. The number of benzene rings is 2. The molecule has 0 spiro atoms. The van der Waals surface area contributed by atoms with Crippen molar-refractivity contribution in [2.45, 2.75) is 26.3 Å². The monoisotopic (exact) mass is 426 g/mol. The number of para-hydroxylation sites is 1. The lowest BCUT2D eigenvalue weighted by atomic mass is 10.1. The average Bonchev–Trinajstić information content (AvgIpc) is 3.15. The predicted octanol–water partition coefficient (Wildman–Crippen LogP) is 4.74. The van der Waals surface area contributed by atoms with Gasteiger partial charge in [-0.1, -0.05) is 67.7 Å². The molecule has 0 aromatic heterocycles. The van der Waals surface area contributed by atoms with E-state index in [1.54, 1.807) is 17.0 Å². The average molecular weight is 427 g/mol. The van der Waals surface area contributed by atoms with E-state index < -0.39 is 0 Å². The molecule has 1 fully saturated rings. The third-order valence-electron chi connectivity index (χ3n) is 4.99. The molecule has 7 heteroatoms. The van der Waals surface area contributed by atoms with E-state index in [1.165, 1.54) is 17.0 Å². The Morgan fingerprint density at radius 1 is 1.00 bits per heavy atom.